The van der Waals surface area contributed by atoms with Gasteiger partial charge in [0.15, 0.2) is 5.82 Å². The summed E-state index contributed by atoms with van der Waals surface area (Å²) < 4.78 is 29.9. The molecule has 1 aromatic heterocycles. The standard InChI is InChI=1S/C27H40N6O3S/c34-37(35)32-15-12-24-20-26(11-10-25(24)21-32)36-18-4-5-22-6-8-23(9-7-22)19-27-28-30-33(29-27)17-16-31-13-2-1-3-14-31/h10-11,19-20,22H,1-9,12-18,21H2,(H,34,35)/p-1. The predicted molar refractivity (Wildman–Crippen MR) is 142 cm³/mol. The Morgan fingerprint density at radius 1 is 1.05 bits per heavy atom. The van der Waals surface area contributed by atoms with E-state index < -0.39 is 11.3 Å². The Labute approximate surface area is 222 Å². The molecule has 0 bridgehead atoms. The second-order valence-corrected chi connectivity index (χ2v) is 11.6. The summed E-state index contributed by atoms with van der Waals surface area (Å²) in [5.74, 6) is 2.39. The van der Waals surface area contributed by atoms with Gasteiger partial charge in [-0.25, -0.2) is 4.31 Å². The van der Waals surface area contributed by atoms with Gasteiger partial charge < -0.3 is 14.2 Å². The van der Waals surface area contributed by atoms with E-state index in [1.807, 2.05) is 12.1 Å². The first-order chi connectivity index (χ1) is 18.1. The van der Waals surface area contributed by atoms with E-state index in [-0.39, 0.29) is 0 Å². The summed E-state index contributed by atoms with van der Waals surface area (Å²) in [5, 5.41) is 13.1. The number of piperidine rings is 1. The SMILES string of the molecule is O=S([O-])N1CCc2cc(OCCCC3CCC(=Cc4nnn(CCN5CCCCC5)n4)CC3)ccc2C1. The van der Waals surface area contributed by atoms with Gasteiger partial charge in [0.05, 0.1) is 13.2 Å². The topological polar surface area (TPSA) is 99.4 Å². The number of tetrazole rings is 1. The van der Waals surface area contributed by atoms with Gasteiger partial charge in [0, 0.05) is 30.9 Å². The first-order valence-electron chi connectivity index (χ1n) is 13.9. The molecular weight excluding hydrogens is 488 g/mol. The lowest BCUT2D eigenvalue weighted by molar-refractivity contribution is 0.213. The molecule has 10 heteroatoms. The number of nitrogens with zero attached hydrogens (tertiary/aromatic N) is 6. The minimum atomic E-state index is -2.15. The van der Waals surface area contributed by atoms with Gasteiger partial charge in [-0.1, -0.05) is 18.1 Å². The molecule has 2 aliphatic heterocycles. The van der Waals surface area contributed by atoms with Crippen LogP contribution >= 0.6 is 0 Å². The molecule has 1 atom stereocenters. The minimum Gasteiger partial charge on any atom is -0.760 e. The number of ether oxygens (including phenoxy) is 1. The van der Waals surface area contributed by atoms with E-state index in [0.29, 0.717) is 13.1 Å². The summed E-state index contributed by atoms with van der Waals surface area (Å²) >= 11 is -2.15. The lowest BCUT2D eigenvalue weighted by Crippen LogP contribution is -2.33. The zero-order chi connectivity index (χ0) is 25.5. The fourth-order valence-electron chi connectivity index (χ4n) is 5.77. The molecule has 0 radical (unpaired) electrons. The maximum atomic E-state index is 11.2. The number of aromatic nitrogens is 4. The van der Waals surface area contributed by atoms with E-state index in [1.165, 1.54) is 67.1 Å². The Morgan fingerprint density at radius 2 is 1.89 bits per heavy atom. The molecule has 2 aromatic rings. The Morgan fingerprint density at radius 3 is 2.70 bits per heavy atom. The molecular formula is C27H39N6O3S-. The van der Waals surface area contributed by atoms with Crippen LogP contribution in [0.4, 0.5) is 0 Å². The van der Waals surface area contributed by atoms with E-state index in [1.54, 1.807) is 4.80 Å². The highest BCUT2D eigenvalue weighted by atomic mass is 32.2. The van der Waals surface area contributed by atoms with Crippen molar-refractivity contribution in [3.63, 3.8) is 0 Å². The maximum absolute atomic E-state index is 11.2. The molecule has 3 heterocycles. The van der Waals surface area contributed by atoms with E-state index in [4.69, 9.17) is 4.74 Å². The Bertz CT molecular complexity index is 1070. The van der Waals surface area contributed by atoms with Gasteiger partial charge in [-0.2, -0.15) is 4.80 Å². The number of allylic oxidation sites excluding steroid dienone is 1. The lowest BCUT2D eigenvalue weighted by atomic mass is 9.83. The number of rotatable bonds is 10. The minimum absolute atomic E-state index is 0.455. The van der Waals surface area contributed by atoms with Crippen molar-refractivity contribution < 1.29 is 13.5 Å². The number of hydrogen-bond acceptors (Lipinski definition) is 7. The molecule has 1 saturated heterocycles. The van der Waals surface area contributed by atoms with Crippen LogP contribution in [0, 0.1) is 5.92 Å². The molecule has 1 unspecified atom stereocenters. The van der Waals surface area contributed by atoms with Crippen LogP contribution in [0.3, 0.4) is 0 Å². The number of benzene rings is 1. The van der Waals surface area contributed by atoms with E-state index in [9.17, 15) is 8.76 Å². The lowest BCUT2D eigenvalue weighted by Gasteiger charge is -2.30. The Kier molecular flexibility index (Phi) is 9.36. The third-order valence-corrected chi connectivity index (χ3v) is 8.74. The number of likely N-dealkylation sites (tertiary alicyclic amines) is 1. The van der Waals surface area contributed by atoms with Gasteiger partial charge >= 0.3 is 0 Å². The van der Waals surface area contributed by atoms with Gasteiger partial charge in [0.2, 0.25) is 0 Å². The first kappa shape index (κ1) is 26.5. The molecule has 9 nitrogen and oxygen atoms in total. The molecule has 0 N–H and O–H groups in total. The average Bonchev–Trinajstić information content (AvgIpc) is 3.38. The predicted octanol–water partition coefficient (Wildman–Crippen LogP) is 3.74. The van der Waals surface area contributed by atoms with Crippen molar-refractivity contribution in [2.75, 3.05) is 32.8 Å². The van der Waals surface area contributed by atoms with Crippen molar-refractivity contribution in [2.24, 2.45) is 5.92 Å². The van der Waals surface area contributed by atoms with Crippen LogP contribution in [-0.4, -0.2) is 71.0 Å². The van der Waals surface area contributed by atoms with Gasteiger partial charge in [-0.05, 0) is 111 Å². The third kappa shape index (κ3) is 7.69. The van der Waals surface area contributed by atoms with Crippen LogP contribution in [0.15, 0.2) is 23.8 Å². The van der Waals surface area contributed by atoms with Crippen molar-refractivity contribution in [2.45, 2.75) is 77.3 Å². The monoisotopic (exact) mass is 527 g/mol. The van der Waals surface area contributed by atoms with Gasteiger partial charge in [-0.3, -0.25) is 4.21 Å². The molecule has 1 aromatic carbocycles. The number of fused-ring (bicyclic) bond motifs is 1. The summed E-state index contributed by atoms with van der Waals surface area (Å²) in [5.41, 5.74) is 3.71. The second-order valence-electron chi connectivity index (χ2n) is 10.6. The molecule has 2 fully saturated rings. The summed E-state index contributed by atoms with van der Waals surface area (Å²) in [6, 6.07) is 6.04. The normalized spacial score (nSPS) is 22.0. The quantitative estimate of drug-likeness (QED) is 0.343. The Balaban J connectivity index is 0.988. The van der Waals surface area contributed by atoms with Crippen molar-refractivity contribution in [3.05, 3.63) is 40.7 Å². The van der Waals surface area contributed by atoms with E-state index >= 15 is 0 Å². The third-order valence-electron chi connectivity index (χ3n) is 8.01. The Hall–Kier alpha value is -2.14. The fourth-order valence-corrected chi connectivity index (χ4v) is 6.25. The van der Waals surface area contributed by atoms with Crippen molar-refractivity contribution in [1.82, 2.24) is 29.4 Å². The maximum Gasteiger partial charge on any atom is 0.197 e. The van der Waals surface area contributed by atoms with E-state index in [0.717, 1.165) is 68.4 Å². The molecule has 1 saturated carbocycles. The smallest absolute Gasteiger partial charge is 0.197 e. The highest BCUT2D eigenvalue weighted by Gasteiger charge is 2.19. The van der Waals surface area contributed by atoms with Gasteiger partial charge in [-0.15, -0.1) is 10.2 Å². The molecule has 0 spiro atoms. The summed E-state index contributed by atoms with van der Waals surface area (Å²) in [7, 11) is 0. The molecule has 3 aliphatic rings. The molecule has 0 amide bonds. The fraction of sp³-hybridized carbons (Fsp3) is 0.667. The highest BCUT2D eigenvalue weighted by molar-refractivity contribution is 7.76. The van der Waals surface area contributed by atoms with Crippen LogP contribution in [0.2, 0.25) is 0 Å². The molecule has 202 valence electrons. The average molecular weight is 528 g/mol. The van der Waals surface area contributed by atoms with Crippen molar-refractivity contribution in [1.29, 1.82) is 0 Å². The van der Waals surface area contributed by atoms with Crippen molar-refractivity contribution in [3.8, 4) is 5.75 Å². The zero-order valence-corrected chi connectivity index (χ0v) is 22.5. The first-order valence-corrected chi connectivity index (χ1v) is 14.9. The van der Waals surface area contributed by atoms with Crippen LogP contribution in [0.1, 0.15) is 74.7 Å². The molecule has 1 aliphatic carbocycles. The highest BCUT2D eigenvalue weighted by Crippen LogP contribution is 2.32. The van der Waals surface area contributed by atoms with Crippen molar-refractivity contribution >= 4 is 17.3 Å². The summed E-state index contributed by atoms with van der Waals surface area (Å²) in [6.07, 6.45) is 13.8. The van der Waals surface area contributed by atoms with Crippen LogP contribution in [0.5, 0.6) is 5.75 Å². The molecule has 37 heavy (non-hydrogen) atoms. The van der Waals surface area contributed by atoms with Gasteiger partial charge in [0.25, 0.3) is 0 Å². The van der Waals surface area contributed by atoms with Crippen LogP contribution in [0.25, 0.3) is 6.08 Å². The zero-order valence-electron chi connectivity index (χ0n) is 21.7. The second kappa shape index (κ2) is 13.1. The van der Waals surface area contributed by atoms with Crippen LogP contribution < -0.4 is 4.74 Å². The molecule has 5 rings (SSSR count). The summed E-state index contributed by atoms with van der Waals surface area (Å²) in [4.78, 5) is 4.25. The van der Waals surface area contributed by atoms with Crippen LogP contribution in [-0.2, 0) is 30.8 Å². The largest absolute Gasteiger partial charge is 0.760 e. The number of hydrogen-bond donors (Lipinski definition) is 0. The van der Waals surface area contributed by atoms with Gasteiger partial charge in [0.1, 0.15) is 5.75 Å². The summed E-state index contributed by atoms with van der Waals surface area (Å²) in [6.45, 7) is 5.93. The van der Waals surface area contributed by atoms with E-state index in [2.05, 4.69) is 32.5 Å².